The van der Waals surface area contributed by atoms with Crippen LogP contribution in [0.4, 0.5) is 5.69 Å². The molecule has 1 fully saturated rings. The number of fused-ring (bicyclic) bond motifs is 5. The van der Waals surface area contributed by atoms with E-state index in [4.69, 9.17) is 16.3 Å². The van der Waals surface area contributed by atoms with Gasteiger partial charge >= 0.3 is 0 Å². The van der Waals surface area contributed by atoms with Gasteiger partial charge in [0, 0.05) is 61.5 Å². The zero-order valence-electron chi connectivity index (χ0n) is 29.7. The summed E-state index contributed by atoms with van der Waals surface area (Å²) in [6, 6.07) is 11.5. The van der Waals surface area contributed by atoms with E-state index in [9.17, 15) is 18.3 Å². The highest BCUT2D eigenvalue weighted by Crippen LogP contribution is 2.49. The van der Waals surface area contributed by atoms with Gasteiger partial charge in [0.05, 0.1) is 35.2 Å². The molecule has 6 atom stereocenters. The number of halogens is 1. The first-order valence-corrected chi connectivity index (χ1v) is 20.7. The van der Waals surface area contributed by atoms with Crippen molar-refractivity contribution >= 4 is 33.2 Å². The Morgan fingerprint density at radius 2 is 1.94 bits per heavy atom. The van der Waals surface area contributed by atoms with E-state index in [0.29, 0.717) is 51.3 Å². The molecule has 1 spiro atoms. The molecule has 1 saturated carbocycles. The average Bonchev–Trinajstić information content (AvgIpc) is 3.49. The number of nitrogens with one attached hydrogen (secondary N) is 1. The van der Waals surface area contributed by atoms with E-state index >= 15 is 0 Å². The van der Waals surface area contributed by atoms with Gasteiger partial charge < -0.3 is 19.3 Å². The van der Waals surface area contributed by atoms with Crippen LogP contribution in [0.3, 0.4) is 0 Å². The predicted molar refractivity (Wildman–Crippen MR) is 198 cm³/mol. The number of hydrogen-bond acceptors (Lipinski definition) is 8. The molecule has 2 aromatic carbocycles. The molecule has 8 rings (SSSR count). The van der Waals surface area contributed by atoms with Gasteiger partial charge in [-0.25, -0.2) is 18.1 Å². The number of rotatable bonds is 2. The second-order valence-electron chi connectivity index (χ2n) is 16.2. The van der Waals surface area contributed by atoms with Crippen LogP contribution in [0.25, 0.3) is 0 Å². The summed E-state index contributed by atoms with van der Waals surface area (Å²) in [5.74, 6) is 0.185. The number of ether oxygens (including phenoxy) is 1. The minimum Gasteiger partial charge on any atom is -0.490 e. The Bertz CT molecular complexity index is 1920. The van der Waals surface area contributed by atoms with Crippen molar-refractivity contribution in [3.8, 4) is 5.75 Å². The molecule has 2 bridgehead atoms. The number of β-amino-alcohol motifs (C(OH)–C–C–N with tert-alkyl or cyclic N) is 1. The van der Waals surface area contributed by atoms with E-state index in [-0.39, 0.29) is 28.7 Å². The Morgan fingerprint density at radius 3 is 2.76 bits per heavy atom. The molecule has 0 saturated heterocycles. The Kier molecular flexibility index (Phi) is 9.17. The number of carbonyl (C=O) groups excluding carboxylic acids is 1. The smallest absolute Gasteiger partial charge is 0.264 e. The quantitative estimate of drug-likeness (QED) is 0.352. The fourth-order valence-electron chi connectivity index (χ4n) is 9.73. The Morgan fingerprint density at radius 1 is 1.08 bits per heavy atom. The van der Waals surface area contributed by atoms with Crippen molar-refractivity contribution < 1.29 is 23.1 Å². The van der Waals surface area contributed by atoms with Crippen LogP contribution < -0.4 is 14.4 Å². The van der Waals surface area contributed by atoms with Crippen molar-refractivity contribution in [2.75, 3.05) is 37.7 Å². The van der Waals surface area contributed by atoms with E-state index in [1.807, 2.05) is 37.6 Å². The van der Waals surface area contributed by atoms with E-state index in [2.05, 4.69) is 36.2 Å². The number of hydrogen-bond donors (Lipinski definition) is 2. The van der Waals surface area contributed by atoms with Gasteiger partial charge in [0.2, 0.25) is 10.0 Å². The van der Waals surface area contributed by atoms with Gasteiger partial charge in [0.1, 0.15) is 5.75 Å². The highest BCUT2D eigenvalue weighted by Gasteiger charge is 2.49. The zero-order chi connectivity index (χ0) is 35.5. The highest BCUT2D eigenvalue weighted by atomic mass is 35.5. The third-order valence-corrected chi connectivity index (χ3v) is 15.1. The Hall–Kier alpha value is -3.12. The summed E-state index contributed by atoms with van der Waals surface area (Å²) in [6.07, 6.45) is 10.6. The number of aliphatic hydroxyl groups is 1. The van der Waals surface area contributed by atoms with Crippen molar-refractivity contribution in [2.24, 2.45) is 17.8 Å². The molecular formula is C39H50ClN5O5S. The molecule has 1 amide bonds. The molecule has 0 radical (unpaired) electrons. The summed E-state index contributed by atoms with van der Waals surface area (Å²) in [6.45, 7) is 8.50. The van der Waals surface area contributed by atoms with Crippen LogP contribution in [0.5, 0.6) is 5.75 Å². The monoisotopic (exact) mass is 735 g/mol. The van der Waals surface area contributed by atoms with Crippen LogP contribution >= 0.6 is 11.6 Å². The number of imidazole rings is 1. The van der Waals surface area contributed by atoms with E-state index in [0.717, 1.165) is 68.1 Å². The summed E-state index contributed by atoms with van der Waals surface area (Å²) in [5.41, 5.74) is 3.54. The van der Waals surface area contributed by atoms with Gasteiger partial charge in [-0.05, 0) is 111 Å². The molecule has 51 heavy (non-hydrogen) atoms. The fraction of sp³-hybridized carbons (Fsp3) is 0.590. The van der Waals surface area contributed by atoms with Gasteiger partial charge in [-0.1, -0.05) is 31.0 Å². The number of aromatic nitrogens is 2. The molecule has 0 unspecified atom stereocenters. The zero-order valence-corrected chi connectivity index (χ0v) is 31.3. The van der Waals surface area contributed by atoms with Crippen molar-refractivity contribution in [1.29, 1.82) is 0 Å². The largest absolute Gasteiger partial charge is 0.490 e. The molecule has 10 nitrogen and oxygen atoms in total. The van der Waals surface area contributed by atoms with Crippen LogP contribution in [0.1, 0.15) is 86.0 Å². The summed E-state index contributed by atoms with van der Waals surface area (Å²) < 4.78 is 38.3. The first-order valence-electron chi connectivity index (χ1n) is 18.7. The van der Waals surface area contributed by atoms with Gasteiger partial charge in [-0.15, -0.1) is 0 Å². The summed E-state index contributed by atoms with van der Waals surface area (Å²) in [7, 11) is -3.95. The lowest BCUT2D eigenvalue weighted by molar-refractivity contribution is -0.108. The molecule has 2 aliphatic carbocycles. The molecule has 3 aliphatic heterocycles. The van der Waals surface area contributed by atoms with Crippen LogP contribution in [0, 0.1) is 17.8 Å². The SMILES string of the molecule is C[C@@H]1[C@@H](C)CCC[C@@](O)(CN2CCn3cncc3C2)[C@@H]2CC[C@H]2CN2C[C@@]3(CCCc4cc(Cl)ccc43)COc3ccc(cc32)C(=O)NS1(=O)=O. The molecule has 1 aromatic heterocycles. The van der Waals surface area contributed by atoms with Crippen LogP contribution in [-0.4, -0.2) is 77.5 Å². The molecule has 12 heteroatoms. The van der Waals surface area contributed by atoms with E-state index in [1.54, 1.807) is 13.0 Å². The van der Waals surface area contributed by atoms with Gasteiger partial charge in [0.25, 0.3) is 5.91 Å². The minimum absolute atomic E-state index is 0.0845. The maximum Gasteiger partial charge on any atom is 0.264 e. The Labute approximate surface area is 306 Å². The topological polar surface area (TPSA) is 117 Å². The standard InChI is InChI=1S/C39H50ClN5O5S/c1-26-5-3-14-39(47,23-43-15-16-44-25-41-19-32(44)21-43)34-10-7-30(34)20-45-22-38(13-4-6-28-17-31(40)9-11-33(28)38)24-50-36-12-8-29(18-35(36)45)37(46)42-51(48,49)27(26)2/h8-9,11-12,17-19,25-27,30,34,47H,3-7,10,13-16,20-24H2,1-2H3,(H,42,46)/t26-,27+,30-,34+,38-,39+/m0/s1. The normalized spacial score (nSPS) is 32.4. The number of anilines is 1. The molecular weight excluding hydrogens is 686 g/mol. The van der Waals surface area contributed by atoms with Gasteiger partial charge in [0.15, 0.2) is 0 Å². The molecule has 274 valence electrons. The summed E-state index contributed by atoms with van der Waals surface area (Å²) >= 11 is 6.48. The number of benzene rings is 2. The molecule has 5 aliphatic rings. The maximum absolute atomic E-state index is 13.6. The van der Waals surface area contributed by atoms with Gasteiger partial charge in [-0.3, -0.25) is 9.69 Å². The first kappa shape index (κ1) is 34.9. The highest BCUT2D eigenvalue weighted by molar-refractivity contribution is 7.90. The number of nitrogens with zero attached hydrogens (tertiary/aromatic N) is 4. The van der Waals surface area contributed by atoms with Crippen molar-refractivity contribution in [2.45, 2.75) is 94.6 Å². The van der Waals surface area contributed by atoms with Gasteiger partial charge in [-0.2, -0.15) is 0 Å². The fourth-order valence-corrected chi connectivity index (χ4v) is 11.2. The van der Waals surface area contributed by atoms with E-state index < -0.39 is 26.8 Å². The second-order valence-corrected chi connectivity index (χ2v) is 18.6. The maximum atomic E-state index is 13.6. The lowest BCUT2D eigenvalue weighted by Gasteiger charge is -2.51. The van der Waals surface area contributed by atoms with Crippen molar-refractivity contribution in [1.82, 2.24) is 19.2 Å². The van der Waals surface area contributed by atoms with Crippen LogP contribution in [-0.2, 0) is 34.9 Å². The van der Waals surface area contributed by atoms with Crippen molar-refractivity contribution in [3.05, 3.63) is 76.3 Å². The predicted octanol–water partition coefficient (Wildman–Crippen LogP) is 5.55. The third kappa shape index (κ3) is 6.57. The Balaban J connectivity index is 1.18. The number of amides is 1. The van der Waals surface area contributed by atoms with E-state index in [1.165, 1.54) is 11.1 Å². The number of sulfonamides is 1. The average molecular weight is 736 g/mol. The second kappa shape index (κ2) is 13.4. The molecule has 3 aromatic rings. The summed E-state index contributed by atoms with van der Waals surface area (Å²) in [4.78, 5) is 22.7. The third-order valence-electron chi connectivity index (χ3n) is 13.0. The van der Waals surface area contributed by atoms with Crippen LogP contribution in [0.2, 0.25) is 5.02 Å². The first-order chi connectivity index (χ1) is 24.4. The summed E-state index contributed by atoms with van der Waals surface area (Å²) in [5, 5.41) is 12.8. The van der Waals surface area contributed by atoms with Crippen molar-refractivity contribution in [3.63, 3.8) is 0 Å². The van der Waals surface area contributed by atoms with Crippen LogP contribution in [0.15, 0.2) is 48.9 Å². The number of aryl methyl sites for hydroxylation is 1. The molecule has 4 heterocycles. The number of carbonyl (C=O) groups is 1. The minimum atomic E-state index is -3.95. The lowest BCUT2D eigenvalue weighted by atomic mass is 9.62. The molecule has 2 N–H and O–H groups in total. The lowest BCUT2D eigenvalue weighted by Crippen LogP contribution is -2.57.